The summed E-state index contributed by atoms with van der Waals surface area (Å²) in [4.78, 5) is 30.7. The largest absolute Gasteiger partial charge is 0.478 e. The highest BCUT2D eigenvalue weighted by atomic mass is 35.5. The Kier molecular flexibility index (Phi) is 11.3. The Hall–Kier alpha value is -3.70. The lowest BCUT2D eigenvalue weighted by Gasteiger charge is -2.33. The molecule has 4 aromatic rings. The van der Waals surface area contributed by atoms with Crippen molar-refractivity contribution in [3.63, 3.8) is 0 Å². The number of nitrogens with zero attached hydrogens (tertiary/aromatic N) is 3. The number of carboxylic acids is 2. The molecule has 1 saturated heterocycles. The highest BCUT2D eigenvalue weighted by Gasteiger charge is 2.25. The molecule has 0 spiro atoms. The Morgan fingerprint density at radius 1 is 1.02 bits per heavy atom. The van der Waals surface area contributed by atoms with Gasteiger partial charge in [0.1, 0.15) is 11.6 Å². The molecule has 214 valence electrons. The maximum Gasteiger partial charge on any atom is 0.328 e. The second kappa shape index (κ2) is 15.3. The average molecular weight is 596 g/mol. The summed E-state index contributed by atoms with van der Waals surface area (Å²) < 4.78 is 12.4. The zero-order valence-corrected chi connectivity index (χ0v) is 23.7. The molecule has 0 radical (unpaired) electrons. The van der Waals surface area contributed by atoms with E-state index in [-0.39, 0.29) is 12.2 Å². The molecule has 1 aliphatic heterocycles. The maximum absolute atomic E-state index is 9.55. The van der Waals surface area contributed by atoms with E-state index in [0.29, 0.717) is 12.2 Å². The number of hydrogen-bond acceptors (Lipinski definition) is 8. The third-order valence-corrected chi connectivity index (χ3v) is 7.33. The SMILES string of the molecule is Clc1ccc(C(OC2CCN(CCSc3nc4ccccc4o3)CC2)c2ccccn2)cc1.O=C(O)/C=C/C(=O)O. The number of piperidine rings is 1. The zero-order valence-electron chi connectivity index (χ0n) is 22.1. The average Bonchev–Trinajstić information content (AvgIpc) is 3.40. The highest BCUT2D eigenvalue weighted by Crippen LogP contribution is 2.30. The van der Waals surface area contributed by atoms with E-state index in [4.69, 9.17) is 31.0 Å². The van der Waals surface area contributed by atoms with Gasteiger partial charge in [-0.05, 0) is 54.8 Å². The quantitative estimate of drug-likeness (QED) is 0.168. The number of fused-ring (bicyclic) bond motifs is 1. The third kappa shape index (κ3) is 9.72. The minimum Gasteiger partial charge on any atom is -0.478 e. The number of carbonyl (C=O) groups is 2. The van der Waals surface area contributed by atoms with Crippen molar-refractivity contribution in [2.75, 3.05) is 25.4 Å². The molecule has 3 heterocycles. The minimum atomic E-state index is -1.26. The van der Waals surface area contributed by atoms with Gasteiger partial charge in [-0.1, -0.05) is 53.7 Å². The molecule has 1 fully saturated rings. The van der Waals surface area contributed by atoms with Crippen molar-refractivity contribution in [2.24, 2.45) is 0 Å². The lowest BCUT2D eigenvalue weighted by atomic mass is 10.0. The van der Waals surface area contributed by atoms with Gasteiger partial charge in [-0.15, -0.1) is 0 Å². The Balaban J connectivity index is 0.000000426. The number of aliphatic carboxylic acids is 2. The number of pyridine rings is 1. The van der Waals surface area contributed by atoms with Crippen molar-refractivity contribution in [3.8, 4) is 0 Å². The first-order valence-electron chi connectivity index (χ1n) is 13.0. The van der Waals surface area contributed by atoms with Gasteiger partial charge in [0.2, 0.25) is 0 Å². The number of benzene rings is 2. The lowest BCUT2D eigenvalue weighted by molar-refractivity contribution is -0.134. The van der Waals surface area contributed by atoms with Gasteiger partial charge < -0.3 is 24.3 Å². The van der Waals surface area contributed by atoms with Crippen molar-refractivity contribution >= 4 is 46.4 Å². The van der Waals surface area contributed by atoms with E-state index in [1.54, 1.807) is 11.8 Å². The van der Waals surface area contributed by atoms with Crippen LogP contribution in [0.1, 0.15) is 30.2 Å². The molecule has 41 heavy (non-hydrogen) atoms. The van der Waals surface area contributed by atoms with Crippen LogP contribution in [0, 0.1) is 0 Å². The molecule has 2 aromatic carbocycles. The topological polar surface area (TPSA) is 126 Å². The van der Waals surface area contributed by atoms with E-state index in [9.17, 15) is 9.59 Å². The Morgan fingerprint density at radius 2 is 1.71 bits per heavy atom. The van der Waals surface area contributed by atoms with Crippen LogP contribution in [0.3, 0.4) is 0 Å². The van der Waals surface area contributed by atoms with E-state index >= 15 is 0 Å². The van der Waals surface area contributed by atoms with Gasteiger partial charge in [-0.3, -0.25) is 4.98 Å². The number of ether oxygens (including phenoxy) is 1. The van der Waals surface area contributed by atoms with E-state index in [1.807, 2.05) is 72.9 Å². The smallest absolute Gasteiger partial charge is 0.328 e. The van der Waals surface area contributed by atoms with Crippen molar-refractivity contribution in [1.29, 1.82) is 0 Å². The van der Waals surface area contributed by atoms with Gasteiger partial charge in [-0.25, -0.2) is 14.6 Å². The first kappa shape index (κ1) is 30.3. The predicted octanol–water partition coefficient (Wildman–Crippen LogP) is 5.95. The summed E-state index contributed by atoms with van der Waals surface area (Å²) in [6.45, 7) is 3.06. The number of likely N-dealkylation sites (tertiary alicyclic amines) is 1. The van der Waals surface area contributed by atoms with Crippen molar-refractivity contribution in [3.05, 3.63) is 101 Å². The van der Waals surface area contributed by atoms with Crippen LogP contribution >= 0.6 is 23.4 Å². The summed E-state index contributed by atoms with van der Waals surface area (Å²) in [7, 11) is 0. The molecule has 1 unspecified atom stereocenters. The third-order valence-electron chi connectivity index (χ3n) is 6.27. The number of halogens is 1. The molecule has 0 amide bonds. The normalized spacial score (nSPS) is 15.0. The van der Waals surface area contributed by atoms with Crippen LogP contribution < -0.4 is 0 Å². The minimum absolute atomic E-state index is 0.185. The summed E-state index contributed by atoms with van der Waals surface area (Å²) in [5.41, 5.74) is 3.77. The van der Waals surface area contributed by atoms with Crippen LogP contribution in [-0.4, -0.2) is 68.5 Å². The standard InChI is InChI=1S/C26H26ClN3O2S.C4H4O4/c27-20-10-8-19(9-11-20)25(23-6-3-4-14-28-23)31-21-12-15-30(16-13-21)17-18-33-26-29-22-5-1-2-7-24(22)32-26;5-3(6)1-2-4(7)8/h1-11,14,21,25H,12-13,15-18H2;1-2H,(H,5,6)(H,7,8)/b;2-1+. The molecule has 1 atom stereocenters. The number of thioether (sulfide) groups is 1. The summed E-state index contributed by atoms with van der Waals surface area (Å²) in [6.07, 6.45) is 4.96. The van der Waals surface area contributed by atoms with Crippen molar-refractivity contribution in [1.82, 2.24) is 14.9 Å². The summed E-state index contributed by atoms with van der Waals surface area (Å²) in [5.74, 6) is -1.56. The van der Waals surface area contributed by atoms with E-state index in [1.165, 1.54) is 0 Å². The van der Waals surface area contributed by atoms with Crippen LogP contribution in [-0.2, 0) is 14.3 Å². The van der Waals surface area contributed by atoms with Crippen LogP contribution in [0.4, 0.5) is 0 Å². The first-order valence-corrected chi connectivity index (χ1v) is 14.4. The number of carboxylic acid groups (broad SMARTS) is 2. The van der Waals surface area contributed by atoms with Crippen LogP contribution in [0.25, 0.3) is 11.1 Å². The number of hydrogen-bond donors (Lipinski definition) is 2. The van der Waals surface area contributed by atoms with Gasteiger partial charge in [0, 0.05) is 48.8 Å². The highest BCUT2D eigenvalue weighted by molar-refractivity contribution is 7.99. The number of aromatic nitrogens is 2. The van der Waals surface area contributed by atoms with E-state index in [2.05, 4.69) is 14.9 Å². The number of oxazole rings is 1. The van der Waals surface area contributed by atoms with Crippen LogP contribution in [0.15, 0.2) is 94.7 Å². The van der Waals surface area contributed by atoms with Gasteiger partial charge in [-0.2, -0.15) is 0 Å². The van der Waals surface area contributed by atoms with Gasteiger partial charge in [0.05, 0.1) is 11.8 Å². The monoisotopic (exact) mass is 595 g/mol. The zero-order chi connectivity index (χ0) is 29.0. The molecular weight excluding hydrogens is 566 g/mol. The van der Waals surface area contributed by atoms with E-state index in [0.717, 1.165) is 70.8 Å². The molecule has 2 aromatic heterocycles. The summed E-state index contributed by atoms with van der Waals surface area (Å²) in [5, 5.41) is 17.1. The Labute approximate surface area is 246 Å². The molecular formula is C30H30ClN3O6S. The molecule has 9 nitrogen and oxygen atoms in total. The van der Waals surface area contributed by atoms with Gasteiger partial charge >= 0.3 is 11.9 Å². The maximum atomic E-state index is 9.55. The number of rotatable bonds is 10. The first-order chi connectivity index (χ1) is 19.9. The van der Waals surface area contributed by atoms with Gasteiger partial charge in [0.15, 0.2) is 5.58 Å². The fourth-order valence-corrected chi connectivity index (χ4v) is 5.23. The van der Waals surface area contributed by atoms with Gasteiger partial charge in [0.25, 0.3) is 5.22 Å². The second-order valence-electron chi connectivity index (χ2n) is 9.17. The fraction of sp³-hybridized carbons (Fsp3) is 0.267. The molecule has 0 saturated carbocycles. The van der Waals surface area contributed by atoms with Crippen molar-refractivity contribution in [2.45, 2.75) is 30.3 Å². The fourth-order valence-electron chi connectivity index (χ4n) is 4.27. The summed E-state index contributed by atoms with van der Waals surface area (Å²) in [6, 6.07) is 21.7. The van der Waals surface area contributed by atoms with E-state index < -0.39 is 11.9 Å². The Morgan fingerprint density at radius 3 is 2.34 bits per heavy atom. The molecule has 1 aliphatic rings. The predicted molar refractivity (Wildman–Crippen MR) is 157 cm³/mol. The molecule has 11 heteroatoms. The lowest BCUT2D eigenvalue weighted by Crippen LogP contribution is -2.38. The molecule has 0 aliphatic carbocycles. The number of para-hydroxylation sites is 2. The van der Waals surface area contributed by atoms with Crippen molar-refractivity contribution < 1.29 is 29.0 Å². The van der Waals surface area contributed by atoms with Crippen LogP contribution in [0.2, 0.25) is 5.02 Å². The summed E-state index contributed by atoms with van der Waals surface area (Å²) >= 11 is 7.78. The Bertz CT molecular complexity index is 1390. The second-order valence-corrected chi connectivity index (χ2v) is 10.7. The van der Waals surface area contributed by atoms with Crippen LogP contribution in [0.5, 0.6) is 0 Å². The molecule has 2 N–H and O–H groups in total. The molecule has 0 bridgehead atoms. The molecule has 5 rings (SSSR count).